The van der Waals surface area contributed by atoms with Gasteiger partial charge in [0.15, 0.2) is 0 Å². The maximum Gasteiger partial charge on any atom is 0.252 e. The van der Waals surface area contributed by atoms with E-state index in [0.29, 0.717) is 25.7 Å². The summed E-state index contributed by atoms with van der Waals surface area (Å²) < 4.78 is 11.5. The van der Waals surface area contributed by atoms with Crippen molar-refractivity contribution in [3.63, 3.8) is 0 Å². The molecule has 1 aliphatic rings. The molecule has 5 nitrogen and oxygen atoms in total. The van der Waals surface area contributed by atoms with Gasteiger partial charge in [0.1, 0.15) is 0 Å². The minimum absolute atomic E-state index is 0.0239. The first kappa shape index (κ1) is 18.4. The molecule has 1 saturated heterocycles. The highest BCUT2D eigenvalue weighted by Gasteiger charge is 2.28. The lowest BCUT2D eigenvalue weighted by atomic mass is 10.1. The van der Waals surface area contributed by atoms with Crippen molar-refractivity contribution in [2.45, 2.75) is 38.3 Å². The highest BCUT2D eigenvalue weighted by atomic mass is 32.1. The van der Waals surface area contributed by atoms with Crippen LogP contribution in [0.2, 0.25) is 0 Å². The Labute approximate surface area is 143 Å². The highest BCUT2D eigenvalue weighted by molar-refractivity contribution is 7.10. The maximum absolute atomic E-state index is 12.5. The van der Waals surface area contributed by atoms with Crippen molar-refractivity contribution < 1.29 is 14.3 Å². The number of carbonyl (C=O) groups excluding carboxylic acids is 1. The summed E-state index contributed by atoms with van der Waals surface area (Å²) in [5.74, 6) is 0.409. The normalized spacial score (nSPS) is 21.8. The predicted octanol–water partition coefficient (Wildman–Crippen LogP) is 2.34. The van der Waals surface area contributed by atoms with Crippen LogP contribution in [0.1, 0.15) is 41.4 Å². The van der Waals surface area contributed by atoms with Crippen LogP contribution in [-0.4, -0.2) is 63.4 Å². The standard InChI is InChI=1S/C17H28N2O3S/c1-12(2)16-9-13(11-23-16)17(20)18-14-10-21-7-5-15(14)22-8-6-19(3)4/h9,11-12,14-15H,5-8,10H2,1-4H3,(H,18,20)/t14-,15+/m1/s1. The first-order valence-electron chi connectivity index (χ1n) is 8.20. The van der Waals surface area contributed by atoms with Gasteiger partial charge in [-0.15, -0.1) is 11.3 Å². The molecule has 1 fully saturated rings. The molecular formula is C17H28N2O3S. The van der Waals surface area contributed by atoms with Crippen LogP contribution in [0.4, 0.5) is 0 Å². The Morgan fingerprint density at radius 1 is 1.52 bits per heavy atom. The van der Waals surface area contributed by atoms with Gasteiger partial charge in [0, 0.05) is 23.4 Å². The zero-order chi connectivity index (χ0) is 16.8. The third kappa shape index (κ3) is 5.57. The molecule has 0 spiro atoms. The summed E-state index contributed by atoms with van der Waals surface area (Å²) in [6.07, 6.45) is 0.843. The first-order chi connectivity index (χ1) is 11.0. The van der Waals surface area contributed by atoms with Crippen molar-refractivity contribution in [3.8, 4) is 0 Å². The molecule has 1 aromatic rings. The lowest BCUT2D eigenvalue weighted by molar-refractivity contribution is -0.0561. The van der Waals surface area contributed by atoms with E-state index >= 15 is 0 Å². The molecule has 0 aromatic carbocycles. The summed E-state index contributed by atoms with van der Waals surface area (Å²) in [6.45, 7) is 7.02. The summed E-state index contributed by atoms with van der Waals surface area (Å²) in [5, 5.41) is 5.01. The van der Waals surface area contributed by atoms with Crippen LogP contribution in [0.5, 0.6) is 0 Å². The Bertz CT molecular complexity index is 502. The Morgan fingerprint density at radius 2 is 2.30 bits per heavy atom. The lowest BCUT2D eigenvalue weighted by Gasteiger charge is -2.32. The van der Waals surface area contributed by atoms with Crippen molar-refractivity contribution in [2.24, 2.45) is 0 Å². The van der Waals surface area contributed by atoms with E-state index in [1.165, 1.54) is 4.88 Å². The molecular weight excluding hydrogens is 312 g/mol. The molecule has 0 saturated carbocycles. The first-order valence-corrected chi connectivity index (χ1v) is 9.08. The fourth-order valence-electron chi connectivity index (χ4n) is 2.47. The molecule has 2 rings (SSSR count). The summed E-state index contributed by atoms with van der Waals surface area (Å²) in [7, 11) is 4.05. The Kier molecular flexibility index (Phi) is 7.02. The Hall–Kier alpha value is -0.950. The van der Waals surface area contributed by atoms with Crippen LogP contribution in [0.15, 0.2) is 11.4 Å². The van der Waals surface area contributed by atoms with Crippen LogP contribution in [0.25, 0.3) is 0 Å². The molecule has 2 atom stereocenters. The number of carbonyl (C=O) groups is 1. The maximum atomic E-state index is 12.5. The van der Waals surface area contributed by atoms with Gasteiger partial charge in [-0.05, 0) is 32.5 Å². The van der Waals surface area contributed by atoms with E-state index in [-0.39, 0.29) is 18.1 Å². The minimum Gasteiger partial charge on any atom is -0.379 e. The third-order valence-corrected chi connectivity index (χ3v) is 5.16. The van der Waals surface area contributed by atoms with E-state index in [1.807, 2.05) is 25.5 Å². The van der Waals surface area contributed by atoms with Gasteiger partial charge in [0.25, 0.3) is 5.91 Å². The molecule has 1 aliphatic heterocycles. The lowest BCUT2D eigenvalue weighted by Crippen LogP contribution is -2.50. The molecule has 23 heavy (non-hydrogen) atoms. The van der Waals surface area contributed by atoms with Crippen molar-refractivity contribution in [3.05, 3.63) is 21.9 Å². The third-order valence-electron chi connectivity index (χ3n) is 3.93. The largest absolute Gasteiger partial charge is 0.379 e. The molecule has 0 radical (unpaired) electrons. The zero-order valence-corrected chi connectivity index (χ0v) is 15.3. The number of thiophene rings is 1. The van der Waals surface area contributed by atoms with Gasteiger partial charge in [-0.1, -0.05) is 13.8 Å². The van der Waals surface area contributed by atoms with Gasteiger partial charge >= 0.3 is 0 Å². The fourth-order valence-corrected chi connectivity index (χ4v) is 3.37. The summed E-state index contributed by atoms with van der Waals surface area (Å²) in [5.41, 5.74) is 0.733. The summed E-state index contributed by atoms with van der Waals surface area (Å²) in [4.78, 5) is 15.8. The van der Waals surface area contributed by atoms with E-state index in [4.69, 9.17) is 9.47 Å². The molecule has 2 heterocycles. The number of rotatable bonds is 7. The van der Waals surface area contributed by atoms with E-state index < -0.39 is 0 Å². The number of likely N-dealkylation sites (N-methyl/N-ethyl adjacent to an activating group) is 1. The Morgan fingerprint density at radius 3 is 2.96 bits per heavy atom. The molecule has 0 aliphatic carbocycles. The van der Waals surface area contributed by atoms with Crippen LogP contribution in [0.3, 0.4) is 0 Å². The fraction of sp³-hybridized carbons (Fsp3) is 0.706. The van der Waals surface area contributed by atoms with Gasteiger partial charge in [-0.25, -0.2) is 0 Å². The van der Waals surface area contributed by atoms with Gasteiger partial charge in [-0.3, -0.25) is 4.79 Å². The summed E-state index contributed by atoms with van der Waals surface area (Å²) in [6, 6.07) is 1.90. The molecule has 6 heteroatoms. The van der Waals surface area contributed by atoms with E-state index in [9.17, 15) is 4.79 Å². The van der Waals surface area contributed by atoms with E-state index in [1.54, 1.807) is 11.3 Å². The number of nitrogens with one attached hydrogen (secondary N) is 1. The number of ether oxygens (including phenoxy) is 2. The van der Waals surface area contributed by atoms with Crippen molar-refractivity contribution >= 4 is 17.2 Å². The highest BCUT2D eigenvalue weighted by Crippen LogP contribution is 2.23. The van der Waals surface area contributed by atoms with Gasteiger partial charge in [0.05, 0.1) is 30.9 Å². The summed E-state index contributed by atoms with van der Waals surface area (Å²) >= 11 is 1.64. The van der Waals surface area contributed by atoms with Crippen LogP contribution in [-0.2, 0) is 9.47 Å². The quantitative estimate of drug-likeness (QED) is 0.828. The molecule has 1 N–H and O–H groups in total. The van der Waals surface area contributed by atoms with Gasteiger partial charge in [0.2, 0.25) is 0 Å². The smallest absolute Gasteiger partial charge is 0.252 e. The SMILES string of the molecule is CC(C)c1cc(C(=O)N[C@@H]2COCC[C@@H]2OCCN(C)C)cs1. The van der Waals surface area contributed by atoms with Crippen molar-refractivity contribution in [2.75, 3.05) is 40.5 Å². The van der Waals surface area contributed by atoms with Crippen LogP contribution < -0.4 is 5.32 Å². The van der Waals surface area contributed by atoms with Crippen molar-refractivity contribution in [1.82, 2.24) is 10.2 Å². The van der Waals surface area contributed by atoms with E-state index in [2.05, 4.69) is 24.1 Å². The molecule has 1 aromatic heterocycles. The van der Waals surface area contributed by atoms with Crippen molar-refractivity contribution in [1.29, 1.82) is 0 Å². The second-order valence-corrected chi connectivity index (χ2v) is 7.49. The van der Waals surface area contributed by atoms with Gasteiger partial charge in [-0.2, -0.15) is 0 Å². The molecule has 0 bridgehead atoms. The molecule has 130 valence electrons. The predicted molar refractivity (Wildman–Crippen MR) is 93.4 cm³/mol. The Balaban J connectivity index is 1.90. The average molecular weight is 340 g/mol. The van der Waals surface area contributed by atoms with Crippen LogP contribution in [0, 0.1) is 0 Å². The second kappa shape index (κ2) is 8.78. The molecule has 0 unspecified atom stereocenters. The number of hydrogen-bond acceptors (Lipinski definition) is 5. The number of nitrogens with zero attached hydrogens (tertiary/aromatic N) is 1. The second-order valence-electron chi connectivity index (χ2n) is 6.55. The minimum atomic E-state index is -0.0826. The van der Waals surface area contributed by atoms with Crippen LogP contribution >= 0.6 is 11.3 Å². The zero-order valence-electron chi connectivity index (χ0n) is 14.5. The van der Waals surface area contributed by atoms with E-state index in [0.717, 1.165) is 18.5 Å². The topological polar surface area (TPSA) is 50.8 Å². The number of amides is 1. The monoisotopic (exact) mass is 340 g/mol. The average Bonchev–Trinajstić information content (AvgIpc) is 2.99. The molecule has 1 amide bonds. The van der Waals surface area contributed by atoms with Gasteiger partial charge < -0.3 is 19.7 Å². The number of hydrogen-bond donors (Lipinski definition) is 1.